The third kappa shape index (κ3) is 6.60. The second-order valence-corrected chi connectivity index (χ2v) is 14.0. The summed E-state index contributed by atoms with van der Waals surface area (Å²) in [4.78, 5) is 15.1. The molecule has 0 amide bonds. The summed E-state index contributed by atoms with van der Waals surface area (Å²) in [6.45, 7) is 5.00. The fourth-order valence-corrected chi connectivity index (χ4v) is 8.15. The van der Waals surface area contributed by atoms with Crippen LogP contribution in [0.15, 0.2) is 102 Å². The number of nitrogens with one attached hydrogen (secondary N) is 2. The number of piperazine rings is 1. The van der Waals surface area contributed by atoms with Crippen LogP contribution in [0.4, 0.5) is 17.5 Å². The molecule has 4 aromatic carbocycles. The van der Waals surface area contributed by atoms with E-state index in [0.29, 0.717) is 29.2 Å². The number of aromatic nitrogens is 2. The van der Waals surface area contributed by atoms with Crippen LogP contribution >= 0.6 is 0 Å². The fourth-order valence-electron chi connectivity index (χ4n) is 6.81. The zero-order valence-electron chi connectivity index (χ0n) is 25.5. The minimum Gasteiger partial charge on any atom is -0.368 e. The lowest BCUT2D eigenvalue weighted by molar-refractivity contribution is 0.284. The van der Waals surface area contributed by atoms with E-state index in [2.05, 4.69) is 68.4 Å². The van der Waals surface area contributed by atoms with Crippen LogP contribution in [-0.2, 0) is 10.0 Å². The molecule has 1 aliphatic carbocycles. The topological polar surface area (TPSA) is 90.5 Å². The molecule has 0 atom stereocenters. The molecule has 8 nitrogen and oxygen atoms in total. The average molecular weight is 621 g/mol. The Bertz CT molecular complexity index is 1860. The van der Waals surface area contributed by atoms with Crippen LogP contribution in [0.3, 0.4) is 0 Å². The summed E-state index contributed by atoms with van der Waals surface area (Å²) in [6.07, 6.45) is 4.10. The summed E-state index contributed by atoms with van der Waals surface area (Å²) in [5, 5.41) is 6.34. The molecule has 2 fully saturated rings. The number of para-hydroxylation sites is 2. The van der Waals surface area contributed by atoms with Gasteiger partial charge in [0.25, 0.3) is 0 Å². The molecular formula is C36H40N6O2S. The molecule has 1 saturated carbocycles. The van der Waals surface area contributed by atoms with Crippen molar-refractivity contribution in [2.75, 3.05) is 54.4 Å². The third-order valence-corrected chi connectivity index (χ3v) is 10.9. The molecule has 1 aromatic heterocycles. The van der Waals surface area contributed by atoms with Crippen molar-refractivity contribution < 1.29 is 8.42 Å². The number of anilines is 3. The smallest absolute Gasteiger partial charge is 0.241 e. The second kappa shape index (κ2) is 13.0. The van der Waals surface area contributed by atoms with E-state index in [-0.39, 0.29) is 0 Å². The second-order valence-electron chi connectivity index (χ2n) is 12.3. The van der Waals surface area contributed by atoms with Crippen LogP contribution in [0, 0.1) is 11.8 Å². The quantitative estimate of drug-likeness (QED) is 0.200. The van der Waals surface area contributed by atoms with Crippen molar-refractivity contribution in [1.29, 1.82) is 0 Å². The number of hydrogen-bond acceptors (Lipinski definition) is 7. The van der Waals surface area contributed by atoms with Gasteiger partial charge in [0.15, 0.2) is 0 Å². The lowest BCUT2D eigenvalue weighted by atomic mass is 9.82. The number of rotatable bonds is 9. The minimum absolute atomic E-state index is 0.337. The van der Waals surface area contributed by atoms with Crippen LogP contribution in [0.5, 0.6) is 0 Å². The fraction of sp³-hybridized carbons (Fsp3) is 0.333. The summed E-state index contributed by atoms with van der Waals surface area (Å²) >= 11 is 0. The molecule has 9 heteroatoms. The number of nitrogens with zero attached hydrogens (tertiary/aromatic N) is 4. The standard InChI is InChI=1S/C36H40N6O2S/c43-45(44,34-16-8-10-29-9-4-5-13-31(29)34)38-26-28-19-17-27(18-20-28)25-37-36-39-33-15-7-6-14-32(33)35(40-36)42-23-21-41(22-24-42)30-11-2-1-3-12-30/h1-16,27-28,38H,17-26H2,(H,37,39,40). The Balaban J connectivity index is 0.945. The van der Waals surface area contributed by atoms with E-state index in [1.54, 1.807) is 6.07 Å². The van der Waals surface area contributed by atoms with Gasteiger partial charge in [0.1, 0.15) is 5.82 Å². The predicted molar refractivity (Wildman–Crippen MR) is 183 cm³/mol. The van der Waals surface area contributed by atoms with E-state index in [1.165, 1.54) is 5.69 Å². The van der Waals surface area contributed by atoms with E-state index in [4.69, 9.17) is 9.97 Å². The Morgan fingerprint density at radius 2 is 1.27 bits per heavy atom. The third-order valence-electron chi connectivity index (χ3n) is 9.40. The zero-order chi connectivity index (χ0) is 30.6. The van der Waals surface area contributed by atoms with Crippen molar-refractivity contribution in [2.45, 2.75) is 30.6 Å². The number of sulfonamides is 1. The molecule has 1 aliphatic heterocycles. The summed E-state index contributed by atoms with van der Waals surface area (Å²) in [7, 11) is -3.58. The molecule has 0 radical (unpaired) electrons. The SMILES string of the molecule is O=S(=O)(NCC1CCC(CNc2nc(N3CCN(c4ccccc4)CC3)c3ccccc3n2)CC1)c1cccc2ccccc12. The van der Waals surface area contributed by atoms with Gasteiger partial charge in [-0.2, -0.15) is 4.98 Å². The Kier molecular flexibility index (Phi) is 8.54. The maximum atomic E-state index is 13.2. The Morgan fingerprint density at radius 3 is 2.04 bits per heavy atom. The number of benzene rings is 4. The van der Waals surface area contributed by atoms with Gasteiger partial charge in [0.2, 0.25) is 16.0 Å². The highest BCUT2D eigenvalue weighted by molar-refractivity contribution is 7.89. The summed E-state index contributed by atoms with van der Waals surface area (Å²) in [6, 6.07) is 32.0. The van der Waals surface area contributed by atoms with Crippen molar-refractivity contribution >= 4 is 49.2 Å². The van der Waals surface area contributed by atoms with Gasteiger partial charge in [-0.25, -0.2) is 18.1 Å². The zero-order valence-corrected chi connectivity index (χ0v) is 26.3. The highest BCUT2D eigenvalue weighted by Crippen LogP contribution is 2.31. The van der Waals surface area contributed by atoms with Crippen LogP contribution in [0.1, 0.15) is 25.7 Å². The normalized spacial score (nSPS) is 19.2. The molecule has 0 bridgehead atoms. The van der Waals surface area contributed by atoms with E-state index >= 15 is 0 Å². The first-order valence-electron chi connectivity index (χ1n) is 16.1. The number of hydrogen-bond donors (Lipinski definition) is 2. The number of fused-ring (bicyclic) bond motifs is 2. The van der Waals surface area contributed by atoms with E-state index in [0.717, 1.165) is 85.9 Å². The first-order valence-corrected chi connectivity index (χ1v) is 17.5. The van der Waals surface area contributed by atoms with Gasteiger partial charge >= 0.3 is 0 Å². The van der Waals surface area contributed by atoms with Gasteiger partial charge in [-0.05, 0) is 73.2 Å². The summed E-state index contributed by atoms with van der Waals surface area (Å²) in [5.74, 6) is 2.52. The Hall–Kier alpha value is -4.21. The van der Waals surface area contributed by atoms with Gasteiger partial charge in [-0.1, -0.05) is 66.7 Å². The maximum absolute atomic E-state index is 13.2. The minimum atomic E-state index is -3.58. The maximum Gasteiger partial charge on any atom is 0.241 e. The molecule has 7 rings (SSSR count). The van der Waals surface area contributed by atoms with E-state index in [9.17, 15) is 8.42 Å². The van der Waals surface area contributed by atoms with Crippen LogP contribution in [0.25, 0.3) is 21.7 Å². The van der Waals surface area contributed by atoms with Crippen molar-refractivity contribution in [2.24, 2.45) is 11.8 Å². The largest absolute Gasteiger partial charge is 0.368 e. The summed E-state index contributed by atoms with van der Waals surface area (Å²) in [5.41, 5.74) is 2.22. The van der Waals surface area contributed by atoms with Crippen LogP contribution < -0.4 is 19.8 Å². The first kappa shape index (κ1) is 29.5. The molecule has 2 N–H and O–H groups in total. The van der Waals surface area contributed by atoms with Crippen molar-refractivity contribution in [1.82, 2.24) is 14.7 Å². The van der Waals surface area contributed by atoms with Gasteiger partial charge in [-0.3, -0.25) is 0 Å². The molecular weight excluding hydrogens is 581 g/mol. The molecule has 45 heavy (non-hydrogen) atoms. The van der Waals surface area contributed by atoms with Crippen LogP contribution in [-0.4, -0.2) is 57.7 Å². The molecule has 1 saturated heterocycles. The van der Waals surface area contributed by atoms with Gasteiger partial charge in [0, 0.05) is 55.7 Å². The monoisotopic (exact) mass is 620 g/mol. The summed E-state index contributed by atoms with van der Waals surface area (Å²) < 4.78 is 29.3. The van der Waals surface area contributed by atoms with Gasteiger partial charge in [-0.15, -0.1) is 0 Å². The Labute approximate surface area is 265 Å². The van der Waals surface area contributed by atoms with Gasteiger partial charge < -0.3 is 15.1 Å². The molecule has 2 heterocycles. The lowest BCUT2D eigenvalue weighted by Gasteiger charge is -2.37. The predicted octanol–water partition coefficient (Wildman–Crippen LogP) is 6.31. The van der Waals surface area contributed by atoms with E-state index in [1.807, 2.05) is 42.5 Å². The van der Waals surface area contributed by atoms with Gasteiger partial charge in [0.05, 0.1) is 10.4 Å². The molecule has 0 spiro atoms. The molecule has 0 unspecified atom stereocenters. The Morgan fingerprint density at radius 1 is 0.644 bits per heavy atom. The van der Waals surface area contributed by atoms with Crippen molar-refractivity contribution in [3.05, 3.63) is 97.1 Å². The highest BCUT2D eigenvalue weighted by atomic mass is 32.2. The first-order chi connectivity index (χ1) is 22.0. The van der Waals surface area contributed by atoms with E-state index < -0.39 is 10.0 Å². The highest BCUT2D eigenvalue weighted by Gasteiger charge is 2.25. The van der Waals surface area contributed by atoms with Crippen LogP contribution in [0.2, 0.25) is 0 Å². The lowest BCUT2D eigenvalue weighted by Crippen LogP contribution is -2.47. The molecule has 5 aromatic rings. The van der Waals surface area contributed by atoms with Crippen molar-refractivity contribution in [3.63, 3.8) is 0 Å². The molecule has 232 valence electrons. The van der Waals surface area contributed by atoms with Crippen molar-refractivity contribution in [3.8, 4) is 0 Å². The average Bonchev–Trinajstić information content (AvgIpc) is 3.10. The molecule has 2 aliphatic rings.